The molecule has 3 N–H and O–H groups in total. The maximum absolute atomic E-state index is 12.0. The van der Waals surface area contributed by atoms with E-state index in [2.05, 4.69) is 15.4 Å². The monoisotopic (exact) mass is 314 g/mol. The first kappa shape index (κ1) is 16.5. The molecule has 0 spiro atoms. The van der Waals surface area contributed by atoms with Crippen LogP contribution in [0.2, 0.25) is 0 Å². The molecule has 22 heavy (non-hydrogen) atoms. The third-order valence-electron chi connectivity index (χ3n) is 3.80. The van der Waals surface area contributed by atoms with Gasteiger partial charge in [0.05, 0.1) is 0 Å². The average molecular weight is 314 g/mol. The van der Waals surface area contributed by atoms with Gasteiger partial charge in [-0.2, -0.15) is 8.78 Å². The van der Waals surface area contributed by atoms with Gasteiger partial charge < -0.3 is 20.5 Å². The highest BCUT2D eigenvalue weighted by atomic mass is 19.3. The van der Waals surface area contributed by atoms with E-state index in [0.29, 0.717) is 5.69 Å². The van der Waals surface area contributed by atoms with Crippen LogP contribution in [0.1, 0.15) is 25.7 Å². The molecular weight excluding hydrogens is 294 g/mol. The van der Waals surface area contributed by atoms with E-state index < -0.39 is 6.61 Å². The van der Waals surface area contributed by atoms with Crippen LogP contribution in [0.4, 0.5) is 19.3 Å². The van der Waals surface area contributed by atoms with Crippen LogP contribution in [0.25, 0.3) is 0 Å². The Hall–Kier alpha value is -1.89. The summed E-state index contributed by atoms with van der Waals surface area (Å²) in [6.45, 7) is -2.81. The van der Waals surface area contributed by atoms with Crippen LogP contribution < -0.4 is 15.4 Å². The number of aliphatic hydroxyl groups is 1. The molecule has 1 saturated carbocycles. The molecule has 5 nitrogen and oxygen atoms in total. The van der Waals surface area contributed by atoms with Crippen LogP contribution in [0.5, 0.6) is 5.75 Å². The van der Waals surface area contributed by atoms with Crippen molar-refractivity contribution in [2.45, 2.75) is 38.3 Å². The Balaban J connectivity index is 1.86. The minimum atomic E-state index is -2.87. The number of ether oxygens (including phenoxy) is 1. The summed E-state index contributed by atoms with van der Waals surface area (Å²) in [7, 11) is 0. The van der Waals surface area contributed by atoms with Gasteiger partial charge in [-0.3, -0.25) is 0 Å². The Kier molecular flexibility index (Phi) is 5.94. The minimum Gasteiger partial charge on any atom is -0.435 e. The molecule has 122 valence electrons. The van der Waals surface area contributed by atoms with Crippen molar-refractivity contribution in [1.29, 1.82) is 0 Å². The summed E-state index contributed by atoms with van der Waals surface area (Å²) < 4.78 is 28.3. The number of carbonyl (C=O) groups is 1. The molecule has 0 aromatic heterocycles. The minimum absolute atomic E-state index is 0.0357. The molecule has 2 atom stereocenters. The van der Waals surface area contributed by atoms with Gasteiger partial charge in [0, 0.05) is 24.3 Å². The lowest BCUT2D eigenvalue weighted by atomic mass is 9.85. The second-order valence-corrected chi connectivity index (χ2v) is 5.33. The summed E-state index contributed by atoms with van der Waals surface area (Å²) in [6, 6.07) is 5.29. The maximum atomic E-state index is 12.0. The number of anilines is 1. The molecule has 0 radical (unpaired) electrons. The summed E-state index contributed by atoms with van der Waals surface area (Å²) in [6.07, 6.45) is 3.85. The highest BCUT2D eigenvalue weighted by Crippen LogP contribution is 2.24. The predicted molar refractivity (Wildman–Crippen MR) is 78.1 cm³/mol. The Morgan fingerprint density at radius 3 is 2.59 bits per heavy atom. The lowest BCUT2D eigenvalue weighted by molar-refractivity contribution is -0.0498. The zero-order valence-electron chi connectivity index (χ0n) is 12.1. The van der Waals surface area contributed by atoms with Crippen LogP contribution in [0.15, 0.2) is 24.3 Å². The molecule has 0 heterocycles. The molecule has 2 rings (SSSR count). The van der Waals surface area contributed by atoms with E-state index in [1.54, 1.807) is 0 Å². The molecule has 1 fully saturated rings. The molecule has 1 aliphatic rings. The second-order valence-electron chi connectivity index (χ2n) is 5.33. The van der Waals surface area contributed by atoms with E-state index in [9.17, 15) is 18.7 Å². The number of halogens is 2. The zero-order chi connectivity index (χ0) is 15.9. The highest BCUT2D eigenvalue weighted by molar-refractivity contribution is 5.89. The van der Waals surface area contributed by atoms with E-state index in [4.69, 9.17) is 0 Å². The van der Waals surface area contributed by atoms with Gasteiger partial charge in [-0.15, -0.1) is 0 Å². The fraction of sp³-hybridized carbons (Fsp3) is 0.533. The Bertz CT molecular complexity index is 482. The third-order valence-corrected chi connectivity index (χ3v) is 3.80. The standard InChI is InChI=1S/C15H20F2N2O3/c16-14(17)22-12-7-5-11(6-8-12)18-15(21)19-13-4-2-1-3-10(13)9-20/h5-8,10,13-14,20H,1-4,9H2,(H2,18,19,21). The Morgan fingerprint density at radius 2 is 1.95 bits per heavy atom. The van der Waals surface area contributed by atoms with Gasteiger partial charge in [0.15, 0.2) is 0 Å². The zero-order valence-corrected chi connectivity index (χ0v) is 12.1. The van der Waals surface area contributed by atoms with Crippen LogP contribution in [-0.4, -0.2) is 30.4 Å². The molecule has 1 aromatic carbocycles. The van der Waals surface area contributed by atoms with E-state index >= 15 is 0 Å². The predicted octanol–water partition coefficient (Wildman–Crippen LogP) is 2.96. The number of hydrogen-bond acceptors (Lipinski definition) is 3. The first-order chi connectivity index (χ1) is 10.6. The van der Waals surface area contributed by atoms with Crippen molar-refractivity contribution in [3.63, 3.8) is 0 Å². The van der Waals surface area contributed by atoms with E-state index in [1.165, 1.54) is 24.3 Å². The molecule has 0 bridgehead atoms. The molecular formula is C15H20F2N2O3. The molecule has 1 aromatic rings. The maximum Gasteiger partial charge on any atom is 0.387 e. The van der Waals surface area contributed by atoms with Crippen LogP contribution in [-0.2, 0) is 0 Å². The van der Waals surface area contributed by atoms with Crippen molar-refractivity contribution >= 4 is 11.7 Å². The quantitative estimate of drug-likeness (QED) is 0.782. The van der Waals surface area contributed by atoms with Gasteiger partial charge in [-0.1, -0.05) is 12.8 Å². The van der Waals surface area contributed by atoms with Crippen LogP contribution in [0, 0.1) is 5.92 Å². The smallest absolute Gasteiger partial charge is 0.387 e. The van der Waals surface area contributed by atoms with E-state index in [0.717, 1.165) is 25.7 Å². The SMILES string of the molecule is O=C(Nc1ccc(OC(F)F)cc1)NC1CCCCC1CO. The summed E-state index contributed by atoms with van der Waals surface area (Å²) in [5.74, 6) is 0.120. The van der Waals surface area contributed by atoms with Gasteiger partial charge in [0.2, 0.25) is 0 Å². The topological polar surface area (TPSA) is 70.6 Å². The van der Waals surface area contributed by atoms with Crippen LogP contribution >= 0.6 is 0 Å². The number of amides is 2. The molecule has 2 unspecified atom stereocenters. The second kappa shape index (κ2) is 7.93. The third kappa shape index (κ3) is 4.84. The Morgan fingerprint density at radius 1 is 1.27 bits per heavy atom. The van der Waals surface area contributed by atoms with Gasteiger partial charge in [0.25, 0.3) is 0 Å². The highest BCUT2D eigenvalue weighted by Gasteiger charge is 2.25. The fourth-order valence-corrected chi connectivity index (χ4v) is 2.67. The van der Waals surface area contributed by atoms with Crippen molar-refractivity contribution in [3.05, 3.63) is 24.3 Å². The Labute approximate surface area is 127 Å². The van der Waals surface area contributed by atoms with Crippen molar-refractivity contribution in [2.75, 3.05) is 11.9 Å². The largest absolute Gasteiger partial charge is 0.435 e. The van der Waals surface area contributed by atoms with Crippen LogP contribution in [0.3, 0.4) is 0 Å². The van der Waals surface area contributed by atoms with Gasteiger partial charge in [0.1, 0.15) is 5.75 Å². The molecule has 0 saturated heterocycles. The summed E-state index contributed by atoms with van der Waals surface area (Å²) in [5, 5.41) is 14.8. The molecule has 1 aliphatic carbocycles. The van der Waals surface area contributed by atoms with Crippen molar-refractivity contribution in [2.24, 2.45) is 5.92 Å². The average Bonchev–Trinajstić information content (AvgIpc) is 2.49. The summed E-state index contributed by atoms with van der Waals surface area (Å²) in [5.41, 5.74) is 0.482. The number of alkyl halides is 2. The number of aliphatic hydroxyl groups excluding tert-OH is 1. The number of carbonyl (C=O) groups excluding carboxylic acids is 1. The van der Waals surface area contributed by atoms with Crippen molar-refractivity contribution < 1.29 is 23.4 Å². The van der Waals surface area contributed by atoms with E-state index in [-0.39, 0.29) is 30.3 Å². The summed E-state index contributed by atoms with van der Waals surface area (Å²) in [4.78, 5) is 11.9. The molecule has 0 aliphatic heterocycles. The number of nitrogens with one attached hydrogen (secondary N) is 2. The lowest BCUT2D eigenvalue weighted by Gasteiger charge is -2.30. The van der Waals surface area contributed by atoms with Gasteiger partial charge in [-0.05, 0) is 37.1 Å². The van der Waals surface area contributed by atoms with E-state index in [1.807, 2.05) is 0 Å². The summed E-state index contributed by atoms with van der Waals surface area (Å²) >= 11 is 0. The van der Waals surface area contributed by atoms with Crippen molar-refractivity contribution in [1.82, 2.24) is 5.32 Å². The number of benzene rings is 1. The normalized spacial score (nSPS) is 21.5. The molecule has 7 heteroatoms. The lowest BCUT2D eigenvalue weighted by Crippen LogP contribution is -2.45. The number of rotatable bonds is 5. The molecule has 2 amide bonds. The van der Waals surface area contributed by atoms with Gasteiger partial charge >= 0.3 is 12.6 Å². The van der Waals surface area contributed by atoms with Crippen molar-refractivity contribution in [3.8, 4) is 5.75 Å². The first-order valence-corrected chi connectivity index (χ1v) is 7.31. The first-order valence-electron chi connectivity index (χ1n) is 7.31. The number of hydrogen-bond donors (Lipinski definition) is 3. The number of urea groups is 1. The fourth-order valence-electron chi connectivity index (χ4n) is 2.67. The van der Waals surface area contributed by atoms with Gasteiger partial charge in [-0.25, -0.2) is 4.79 Å².